The van der Waals surface area contributed by atoms with Gasteiger partial charge in [0.05, 0.1) is 10.9 Å². The summed E-state index contributed by atoms with van der Waals surface area (Å²) in [6, 6.07) is 20.5. The predicted octanol–water partition coefficient (Wildman–Crippen LogP) is 3.39. The van der Waals surface area contributed by atoms with Crippen LogP contribution < -0.4 is 16.6 Å². The van der Waals surface area contributed by atoms with Crippen LogP contribution in [0.3, 0.4) is 0 Å². The van der Waals surface area contributed by atoms with E-state index < -0.39 is 11.2 Å². The first kappa shape index (κ1) is 25.2. The van der Waals surface area contributed by atoms with Crippen LogP contribution in [0.4, 0.5) is 5.69 Å². The maximum absolute atomic E-state index is 13.5. The normalized spacial score (nSPS) is 12.8. The highest BCUT2D eigenvalue weighted by atomic mass is 16.2. The molecule has 8 heteroatoms. The third-order valence-corrected chi connectivity index (χ3v) is 7.21. The molecule has 1 aliphatic heterocycles. The van der Waals surface area contributed by atoms with Crippen molar-refractivity contribution in [1.82, 2.24) is 14.0 Å². The molecular weight excluding hydrogens is 480 g/mol. The van der Waals surface area contributed by atoms with Gasteiger partial charge in [-0.3, -0.25) is 23.5 Å². The molecule has 1 aromatic heterocycles. The molecule has 0 radical (unpaired) electrons. The van der Waals surface area contributed by atoms with E-state index in [4.69, 9.17) is 0 Å². The van der Waals surface area contributed by atoms with Crippen molar-refractivity contribution in [1.29, 1.82) is 0 Å². The van der Waals surface area contributed by atoms with Gasteiger partial charge in [0.15, 0.2) is 0 Å². The minimum absolute atomic E-state index is 0.0181. The van der Waals surface area contributed by atoms with E-state index in [-0.39, 0.29) is 31.3 Å². The number of aromatic nitrogens is 2. The number of carbonyl (C=O) groups is 2. The van der Waals surface area contributed by atoms with E-state index in [9.17, 15) is 19.2 Å². The number of rotatable bonds is 6. The number of fused-ring (bicyclic) bond motifs is 2. The van der Waals surface area contributed by atoms with Gasteiger partial charge in [0, 0.05) is 31.7 Å². The smallest absolute Gasteiger partial charge is 0.331 e. The number of amides is 2. The summed E-state index contributed by atoms with van der Waals surface area (Å²) in [6.45, 7) is 4.61. The molecule has 0 atom stereocenters. The van der Waals surface area contributed by atoms with Gasteiger partial charge in [0.25, 0.3) is 5.56 Å². The molecule has 1 N–H and O–H groups in total. The molecule has 0 aliphatic carbocycles. The maximum Gasteiger partial charge on any atom is 0.331 e. The van der Waals surface area contributed by atoms with Crippen molar-refractivity contribution in [3.63, 3.8) is 0 Å². The Bertz CT molecular complexity index is 1650. The van der Waals surface area contributed by atoms with Crippen molar-refractivity contribution < 1.29 is 9.59 Å². The zero-order chi connectivity index (χ0) is 26.8. The second-order valence-corrected chi connectivity index (χ2v) is 9.74. The van der Waals surface area contributed by atoms with Crippen LogP contribution in [-0.4, -0.2) is 32.4 Å². The fourth-order valence-electron chi connectivity index (χ4n) is 5.13. The van der Waals surface area contributed by atoms with Gasteiger partial charge in [-0.25, -0.2) is 4.79 Å². The summed E-state index contributed by atoms with van der Waals surface area (Å²) >= 11 is 0. The van der Waals surface area contributed by atoms with Crippen LogP contribution in [0.15, 0.2) is 76.3 Å². The predicted molar refractivity (Wildman–Crippen MR) is 147 cm³/mol. The number of para-hydroxylation sites is 2. The van der Waals surface area contributed by atoms with Crippen molar-refractivity contribution in [2.75, 3.05) is 11.9 Å². The van der Waals surface area contributed by atoms with E-state index >= 15 is 0 Å². The Balaban J connectivity index is 1.40. The molecule has 2 amide bonds. The Morgan fingerprint density at radius 1 is 0.842 bits per heavy atom. The standard InChI is InChI=1S/C30H30N4O4/c1-20-8-7-9-21(2)28(20)31-26(35)19-34-25-13-6-5-12-24(25)29(37)33(30(34)38)17-15-27(36)32-16-14-22-10-3-4-11-23(22)18-32/h3-13H,14-19H2,1-2H3,(H,31,35). The topological polar surface area (TPSA) is 93.4 Å². The Labute approximate surface area is 220 Å². The first-order valence-electron chi connectivity index (χ1n) is 12.8. The highest BCUT2D eigenvalue weighted by molar-refractivity contribution is 5.93. The summed E-state index contributed by atoms with van der Waals surface area (Å²) in [4.78, 5) is 54.6. The largest absolute Gasteiger partial charge is 0.338 e. The van der Waals surface area contributed by atoms with Crippen molar-refractivity contribution >= 4 is 28.4 Å². The zero-order valence-electron chi connectivity index (χ0n) is 21.6. The van der Waals surface area contributed by atoms with Crippen LogP contribution in [-0.2, 0) is 35.6 Å². The minimum Gasteiger partial charge on any atom is -0.338 e. The summed E-state index contributed by atoms with van der Waals surface area (Å²) in [6.07, 6.45) is 0.796. The number of anilines is 1. The van der Waals surface area contributed by atoms with Gasteiger partial charge in [-0.05, 0) is 54.7 Å². The van der Waals surface area contributed by atoms with Crippen LogP contribution in [0.1, 0.15) is 28.7 Å². The van der Waals surface area contributed by atoms with Crippen LogP contribution in [0, 0.1) is 13.8 Å². The molecule has 194 valence electrons. The molecule has 0 saturated heterocycles. The molecule has 2 heterocycles. The Kier molecular flexibility index (Phi) is 6.96. The summed E-state index contributed by atoms with van der Waals surface area (Å²) in [7, 11) is 0. The number of nitrogens with zero attached hydrogens (tertiary/aromatic N) is 3. The number of hydrogen-bond donors (Lipinski definition) is 1. The second kappa shape index (κ2) is 10.5. The Hall–Kier alpha value is -4.46. The summed E-state index contributed by atoms with van der Waals surface area (Å²) in [5, 5.41) is 3.23. The van der Waals surface area contributed by atoms with E-state index in [0.29, 0.717) is 29.7 Å². The molecule has 1 aliphatic rings. The molecule has 8 nitrogen and oxygen atoms in total. The molecule has 0 unspecified atom stereocenters. The van der Waals surface area contributed by atoms with E-state index in [1.807, 2.05) is 50.2 Å². The third-order valence-electron chi connectivity index (χ3n) is 7.21. The highest BCUT2D eigenvalue weighted by Gasteiger charge is 2.22. The SMILES string of the molecule is Cc1cccc(C)c1NC(=O)Cn1c(=O)n(CCC(=O)N2CCc3ccccc3C2)c(=O)c2ccccc21. The number of hydrogen-bond acceptors (Lipinski definition) is 4. The van der Waals surface area contributed by atoms with Crippen molar-refractivity contribution in [2.24, 2.45) is 0 Å². The third kappa shape index (κ3) is 4.89. The molecule has 38 heavy (non-hydrogen) atoms. The number of aryl methyl sites for hydroxylation is 2. The van der Waals surface area contributed by atoms with Crippen molar-refractivity contribution in [2.45, 2.75) is 46.3 Å². The lowest BCUT2D eigenvalue weighted by Gasteiger charge is -2.29. The lowest BCUT2D eigenvalue weighted by Crippen LogP contribution is -2.43. The quantitative estimate of drug-likeness (QED) is 0.430. The molecule has 0 bridgehead atoms. The van der Waals surface area contributed by atoms with Gasteiger partial charge < -0.3 is 10.2 Å². The number of carbonyl (C=O) groups excluding carboxylic acids is 2. The van der Waals surface area contributed by atoms with Crippen molar-refractivity contribution in [3.05, 3.63) is 110 Å². The average molecular weight is 511 g/mol. The van der Waals surface area contributed by atoms with E-state index in [2.05, 4.69) is 11.4 Å². The first-order valence-corrected chi connectivity index (χ1v) is 12.8. The Morgan fingerprint density at radius 2 is 1.53 bits per heavy atom. The molecule has 0 saturated carbocycles. The molecule has 5 rings (SSSR count). The summed E-state index contributed by atoms with van der Waals surface area (Å²) < 4.78 is 2.38. The second-order valence-electron chi connectivity index (χ2n) is 9.74. The first-order chi connectivity index (χ1) is 18.3. The fourth-order valence-corrected chi connectivity index (χ4v) is 5.13. The van der Waals surface area contributed by atoms with E-state index in [0.717, 1.165) is 27.7 Å². The van der Waals surface area contributed by atoms with Gasteiger partial charge in [-0.1, -0.05) is 54.6 Å². The van der Waals surface area contributed by atoms with Gasteiger partial charge in [0.1, 0.15) is 6.54 Å². The van der Waals surface area contributed by atoms with Gasteiger partial charge in [-0.15, -0.1) is 0 Å². The number of benzene rings is 3. The number of nitrogens with one attached hydrogen (secondary N) is 1. The molecule has 0 fully saturated rings. The monoisotopic (exact) mass is 510 g/mol. The molecule has 0 spiro atoms. The lowest BCUT2D eigenvalue weighted by molar-refractivity contribution is -0.132. The lowest BCUT2D eigenvalue weighted by atomic mass is 10.00. The van der Waals surface area contributed by atoms with E-state index in [1.165, 1.54) is 10.1 Å². The van der Waals surface area contributed by atoms with Crippen LogP contribution >= 0.6 is 0 Å². The maximum atomic E-state index is 13.5. The molecule has 3 aromatic carbocycles. The average Bonchev–Trinajstić information content (AvgIpc) is 2.92. The molecule has 4 aromatic rings. The molecular formula is C30H30N4O4. The van der Waals surface area contributed by atoms with Gasteiger partial charge in [-0.2, -0.15) is 0 Å². The van der Waals surface area contributed by atoms with Gasteiger partial charge >= 0.3 is 5.69 Å². The van der Waals surface area contributed by atoms with Crippen LogP contribution in [0.5, 0.6) is 0 Å². The minimum atomic E-state index is -0.609. The summed E-state index contributed by atoms with van der Waals surface area (Å²) in [5.41, 5.74) is 4.21. The summed E-state index contributed by atoms with van der Waals surface area (Å²) in [5.74, 6) is -0.485. The zero-order valence-corrected chi connectivity index (χ0v) is 21.6. The van der Waals surface area contributed by atoms with Crippen LogP contribution in [0.25, 0.3) is 10.9 Å². The highest BCUT2D eigenvalue weighted by Crippen LogP contribution is 2.20. The van der Waals surface area contributed by atoms with Crippen LogP contribution in [0.2, 0.25) is 0 Å². The van der Waals surface area contributed by atoms with Crippen molar-refractivity contribution in [3.8, 4) is 0 Å². The van der Waals surface area contributed by atoms with Gasteiger partial charge in [0.2, 0.25) is 11.8 Å². The fraction of sp³-hybridized carbons (Fsp3) is 0.267. The Morgan fingerprint density at radius 3 is 2.29 bits per heavy atom. The van der Waals surface area contributed by atoms with E-state index in [1.54, 1.807) is 29.2 Å².